The fourth-order valence-corrected chi connectivity index (χ4v) is 0.808. The van der Waals surface area contributed by atoms with E-state index < -0.39 is 0 Å². The van der Waals surface area contributed by atoms with Crippen LogP contribution in [-0.4, -0.2) is 33.5 Å². The van der Waals surface area contributed by atoms with Gasteiger partial charge in [-0.15, -0.1) is 10.2 Å². The third kappa shape index (κ3) is 1.18. The molecule has 0 amide bonds. The molecule has 0 aliphatic heterocycles. The lowest BCUT2D eigenvalue weighted by Gasteiger charge is -1.93. The van der Waals surface area contributed by atoms with Crippen molar-refractivity contribution in [3.05, 3.63) is 18.3 Å². The number of aromatic amines is 1. The van der Waals surface area contributed by atoms with Crippen molar-refractivity contribution in [3.8, 4) is 11.5 Å². The van der Waals surface area contributed by atoms with Gasteiger partial charge in [0, 0.05) is 6.20 Å². The van der Waals surface area contributed by atoms with Gasteiger partial charge in [0.15, 0.2) is 0 Å². The van der Waals surface area contributed by atoms with Crippen molar-refractivity contribution in [2.75, 3.05) is 0 Å². The summed E-state index contributed by atoms with van der Waals surface area (Å²) in [6.45, 7) is 0. The molecule has 0 atom stereocenters. The van der Waals surface area contributed by atoms with E-state index in [2.05, 4.69) is 25.6 Å². The molecule has 2 rings (SSSR count). The van der Waals surface area contributed by atoms with E-state index in [4.69, 9.17) is 7.85 Å². The van der Waals surface area contributed by atoms with Crippen molar-refractivity contribution in [2.24, 2.45) is 0 Å². The molecule has 0 fully saturated rings. The Morgan fingerprint density at radius 1 is 1.33 bits per heavy atom. The second-order valence-electron chi connectivity index (χ2n) is 2.21. The van der Waals surface area contributed by atoms with Crippen LogP contribution in [0, 0.1) is 0 Å². The maximum absolute atomic E-state index is 5.45. The highest BCUT2D eigenvalue weighted by Gasteiger charge is 2.01. The van der Waals surface area contributed by atoms with E-state index in [1.165, 1.54) is 0 Å². The SMILES string of the molecule is [B]c1ccc(-c2nn[nH]n2)nc1. The molecule has 2 radical (unpaired) electrons. The van der Waals surface area contributed by atoms with Crippen LogP contribution in [0.5, 0.6) is 0 Å². The topological polar surface area (TPSA) is 67.3 Å². The standard InChI is InChI=1S/C6H4BN5/c7-4-1-2-5(8-3-4)6-9-11-12-10-6/h1-3H,(H,9,10,11,12). The first kappa shape index (κ1) is 6.96. The zero-order chi connectivity index (χ0) is 8.39. The average molecular weight is 157 g/mol. The first-order chi connectivity index (χ1) is 5.86. The van der Waals surface area contributed by atoms with Crippen LogP contribution in [0.3, 0.4) is 0 Å². The van der Waals surface area contributed by atoms with Gasteiger partial charge < -0.3 is 0 Å². The number of tetrazole rings is 1. The molecule has 1 N–H and O–H groups in total. The van der Waals surface area contributed by atoms with Crippen LogP contribution in [0.1, 0.15) is 0 Å². The molecule has 0 unspecified atom stereocenters. The molecular formula is C6H4BN5. The fourth-order valence-electron chi connectivity index (χ4n) is 0.808. The molecule has 0 spiro atoms. The van der Waals surface area contributed by atoms with E-state index in [1.54, 1.807) is 18.3 Å². The Balaban J connectivity index is 2.43. The Hall–Kier alpha value is -1.72. The zero-order valence-electron chi connectivity index (χ0n) is 6.10. The normalized spacial score (nSPS) is 10.0. The Labute approximate surface area is 69.6 Å². The number of nitrogens with one attached hydrogen (secondary N) is 1. The molecule has 0 aromatic carbocycles. The molecule has 0 aliphatic rings. The van der Waals surface area contributed by atoms with E-state index in [0.717, 1.165) is 0 Å². The minimum Gasteiger partial charge on any atom is -0.253 e. The van der Waals surface area contributed by atoms with Gasteiger partial charge in [0.25, 0.3) is 0 Å². The number of rotatable bonds is 1. The molecule has 0 saturated carbocycles. The quantitative estimate of drug-likeness (QED) is 0.542. The van der Waals surface area contributed by atoms with Gasteiger partial charge in [-0.3, -0.25) is 4.98 Å². The highest BCUT2D eigenvalue weighted by Crippen LogP contribution is 2.05. The molecule has 2 heterocycles. The summed E-state index contributed by atoms with van der Waals surface area (Å²) in [5.74, 6) is 0.468. The first-order valence-electron chi connectivity index (χ1n) is 3.31. The van der Waals surface area contributed by atoms with Gasteiger partial charge >= 0.3 is 0 Å². The summed E-state index contributed by atoms with van der Waals surface area (Å²) in [4.78, 5) is 4.01. The number of H-pyrrole nitrogens is 1. The monoisotopic (exact) mass is 157 g/mol. The third-order valence-electron chi connectivity index (χ3n) is 1.36. The van der Waals surface area contributed by atoms with Crippen LogP contribution < -0.4 is 5.46 Å². The van der Waals surface area contributed by atoms with Crippen molar-refractivity contribution >= 4 is 13.3 Å². The Morgan fingerprint density at radius 2 is 2.25 bits per heavy atom. The fraction of sp³-hybridized carbons (Fsp3) is 0. The van der Waals surface area contributed by atoms with Crippen LogP contribution in [0.15, 0.2) is 18.3 Å². The van der Waals surface area contributed by atoms with Gasteiger partial charge in [0.05, 0.1) is 0 Å². The van der Waals surface area contributed by atoms with E-state index >= 15 is 0 Å². The molecule has 5 nitrogen and oxygen atoms in total. The maximum atomic E-state index is 5.45. The van der Waals surface area contributed by atoms with E-state index in [1.807, 2.05) is 0 Å². The largest absolute Gasteiger partial charge is 0.253 e. The number of hydrogen-bond donors (Lipinski definition) is 1. The highest BCUT2D eigenvalue weighted by molar-refractivity contribution is 6.32. The van der Waals surface area contributed by atoms with Crippen LogP contribution >= 0.6 is 0 Å². The molecule has 0 saturated heterocycles. The van der Waals surface area contributed by atoms with Gasteiger partial charge in [0.1, 0.15) is 13.5 Å². The summed E-state index contributed by atoms with van der Waals surface area (Å²) in [6, 6.07) is 3.47. The molecule has 2 aromatic rings. The molecule has 0 aliphatic carbocycles. The van der Waals surface area contributed by atoms with E-state index in [0.29, 0.717) is 17.0 Å². The minimum absolute atomic E-state index is 0.468. The predicted octanol–water partition coefficient (Wildman–Crippen LogP) is -0.945. The van der Waals surface area contributed by atoms with E-state index in [-0.39, 0.29) is 0 Å². The van der Waals surface area contributed by atoms with Gasteiger partial charge in [-0.05, 0) is 11.3 Å². The second-order valence-corrected chi connectivity index (χ2v) is 2.21. The Morgan fingerprint density at radius 3 is 2.83 bits per heavy atom. The van der Waals surface area contributed by atoms with Crippen molar-refractivity contribution in [2.45, 2.75) is 0 Å². The Bertz CT molecular complexity index is 354. The minimum atomic E-state index is 0.468. The lowest BCUT2D eigenvalue weighted by atomic mass is 9.99. The van der Waals surface area contributed by atoms with Crippen LogP contribution in [0.2, 0.25) is 0 Å². The number of hydrogen-bond acceptors (Lipinski definition) is 4. The highest BCUT2D eigenvalue weighted by atomic mass is 15.5. The van der Waals surface area contributed by atoms with Crippen molar-refractivity contribution < 1.29 is 0 Å². The Kier molecular flexibility index (Phi) is 1.58. The number of aromatic nitrogens is 5. The lowest BCUT2D eigenvalue weighted by Crippen LogP contribution is -2.02. The van der Waals surface area contributed by atoms with E-state index in [9.17, 15) is 0 Å². The van der Waals surface area contributed by atoms with Crippen LogP contribution in [-0.2, 0) is 0 Å². The van der Waals surface area contributed by atoms with Crippen LogP contribution in [0.25, 0.3) is 11.5 Å². The zero-order valence-corrected chi connectivity index (χ0v) is 6.10. The van der Waals surface area contributed by atoms with Crippen molar-refractivity contribution in [1.29, 1.82) is 0 Å². The van der Waals surface area contributed by atoms with Gasteiger partial charge in [-0.2, -0.15) is 5.21 Å². The molecular weight excluding hydrogens is 153 g/mol. The van der Waals surface area contributed by atoms with Gasteiger partial charge in [-0.25, -0.2) is 0 Å². The van der Waals surface area contributed by atoms with Crippen molar-refractivity contribution in [3.63, 3.8) is 0 Å². The lowest BCUT2D eigenvalue weighted by molar-refractivity contribution is 0.881. The summed E-state index contributed by atoms with van der Waals surface area (Å²) in [5, 5.41) is 13.3. The smallest absolute Gasteiger partial charge is 0.222 e. The maximum Gasteiger partial charge on any atom is 0.222 e. The molecule has 6 heteroatoms. The number of pyridine rings is 1. The first-order valence-corrected chi connectivity index (χ1v) is 3.31. The number of nitrogens with zero attached hydrogens (tertiary/aromatic N) is 4. The second kappa shape index (κ2) is 2.73. The molecule has 56 valence electrons. The van der Waals surface area contributed by atoms with Crippen molar-refractivity contribution in [1.82, 2.24) is 25.6 Å². The molecule has 2 aromatic heterocycles. The molecule has 12 heavy (non-hydrogen) atoms. The summed E-state index contributed by atoms with van der Waals surface area (Å²) >= 11 is 0. The summed E-state index contributed by atoms with van der Waals surface area (Å²) in [5.41, 5.74) is 1.26. The molecule has 0 bridgehead atoms. The third-order valence-corrected chi connectivity index (χ3v) is 1.36. The summed E-state index contributed by atoms with van der Waals surface area (Å²) < 4.78 is 0. The summed E-state index contributed by atoms with van der Waals surface area (Å²) in [7, 11) is 5.45. The predicted molar refractivity (Wildman–Crippen MR) is 42.8 cm³/mol. The average Bonchev–Trinajstić information content (AvgIpc) is 2.58. The summed E-state index contributed by atoms with van der Waals surface area (Å²) in [6.07, 6.45) is 1.55. The van der Waals surface area contributed by atoms with Crippen LogP contribution in [0.4, 0.5) is 0 Å². The van der Waals surface area contributed by atoms with Gasteiger partial charge in [-0.1, -0.05) is 11.5 Å². The van der Waals surface area contributed by atoms with Gasteiger partial charge in [0.2, 0.25) is 5.82 Å².